The average molecular weight is 314 g/mol. The van der Waals surface area contributed by atoms with Gasteiger partial charge in [0.1, 0.15) is 10.2 Å². The molecule has 2 rings (SSSR count). The van der Waals surface area contributed by atoms with E-state index in [1.807, 2.05) is 13.8 Å². The second-order valence-electron chi connectivity index (χ2n) is 4.45. The van der Waals surface area contributed by atoms with Crippen LogP contribution in [0.2, 0.25) is 5.15 Å². The van der Waals surface area contributed by atoms with Crippen LogP contribution in [0.15, 0.2) is 15.8 Å². The molecular weight excluding hydrogens is 298 g/mol. The molecule has 2 aromatic rings. The highest BCUT2D eigenvalue weighted by molar-refractivity contribution is 7.11. The number of halogens is 1. The standard InChI is InChI=1S/C13H16ClN3O2S/c1-4-8-6-15-11(20-8)7(3)17-12(18)9(5-2)10(14)16-13(17)19/h6-7H,4-5H2,1-3H3,(H,16,19). The van der Waals surface area contributed by atoms with Gasteiger partial charge >= 0.3 is 5.69 Å². The van der Waals surface area contributed by atoms with Gasteiger partial charge in [-0.05, 0) is 19.8 Å². The molecule has 108 valence electrons. The summed E-state index contributed by atoms with van der Waals surface area (Å²) in [5, 5.41) is 0.873. The lowest BCUT2D eigenvalue weighted by atomic mass is 10.2. The molecule has 0 amide bonds. The van der Waals surface area contributed by atoms with Crippen LogP contribution < -0.4 is 11.2 Å². The molecule has 2 aromatic heterocycles. The fourth-order valence-corrected chi connectivity index (χ4v) is 3.20. The number of aromatic amines is 1. The highest BCUT2D eigenvalue weighted by Crippen LogP contribution is 2.22. The summed E-state index contributed by atoms with van der Waals surface area (Å²) in [7, 11) is 0. The maximum atomic E-state index is 12.4. The lowest BCUT2D eigenvalue weighted by Gasteiger charge is -2.13. The number of hydrogen-bond donors (Lipinski definition) is 1. The molecule has 0 aromatic carbocycles. The molecule has 1 unspecified atom stereocenters. The largest absolute Gasteiger partial charge is 0.330 e. The summed E-state index contributed by atoms with van der Waals surface area (Å²) >= 11 is 7.42. The molecule has 0 fully saturated rings. The molecule has 0 aliphatic rings. The normalized spacial score (nSPS) is 12.6. The van der Waals surface area contributed by atoms with Gasteiger partial charge in [-0.1, -0.05) is 25.4 Å². The van der Waals surface area contributed by atoms with Crippen LogP contribution in [0.25, 0.3) is 0 Å². The molecule has 1 N–H and O–H groups in total. The van der Waals surface area contributed by atoms with Crippen LogP contribution in [0.3, 0.4) is 0 Å². The van der Waals surface area contributed by atoms with Gasteiger partial charge < -0.3 is 0 Å². The maximum absolute atomic E-state index is 12.4. The zero-order valence-electron chi connectivity index (χ0n) is 11.6. The summed E-state index contributed by atoms with van der Waals surface area (Å²) in [4.78, 5) is 32.3. The van der Waals surface area contributed by atoms with Gasteiger partial charge in [-0.2, -0.15) is 0 Å². The number of hydrogen-bond acceptors (Lipinski definition) is 4. The monoisotopic (exact) mass is 313 g/mol. The zero-order chi connectivity index (χ0) is 14.9. The van der Waals surface area contributed by atoms with Crippen LogP contribution >= 0.6 is 22.9 Å². The van der Waals surface area contributed by atoms with E-state index < -0.39 is 11.7 Å². The molecular formula is C13H16ClN3O2S. The minimum Gasteiger partial charge on any atom is -0.297 e. The predicted octanol–water partition coefficient (Wildman–Crippen LogP) is 2.38. The molecule has 0 saturated carbocycles. The van der Waals surface area contributed by atoms with Gasteiger partial charge in [-0.3, -0.25) is 14.3 Å². The van der Waals surface area contributed by atoms with E-state index in [2.05, 4.69) is 9.97 Å². The number of thiazole rings is 1. The van der Waals surface area contributed by atoms with Crippen molar-refractivity contribution in [3.63, 3.8) is 0 Å². The Morgan fingerprint density at radius 1 is 1.40 bits per heavy atom. The molecule has 0 aliphatic carbocycles. The highest BCUT2D eigenvalue weighted by atomic mass is 35.5. The number of H-pyrrole nitrogens is 1. The first-order valence-corrected chi connectivity index (χ1v) is 7.66. The van der Waals surface area contributed by atoms with Crippen LogP contribution in [0, 0.1) is 0 Å². The van der Waals surface area contributed by atoms with E-state index in [1.165, 1.54) is 15.9 Å². The SMILES string of the molecule is CCc1cnc(C(C)n2c(=O)[nH]c(Cl)c(CC)c2=O)s1. The van der Waals surface area contributed by atoms with Gasteiger partial charge in [-0.15, -0.1) is 11.3 Å². The summed E-state index contributed by atoms with van der Waals surface area (Å²) in [5.41, 5.74) is -0.426. The molecule has 0 spiro atoms. The Morgan fingerprint density at radius 2 is 2.10 bits per heavy atom. The van der Waals surface area contributed by atoms with Crippen molar-refractivity contribution >= 4 is 22.9 Å². The molecule has 1 atom stereocenters. The molecule has 5 nitrogen and oxygen atoms in total. The number of aromatic nitrogens is 3. The minimum absolute atomic E-state index is 0.124. The summed E-state index contributed by atoms with van der Waals surface area (Å²) in [6.07, 6.45) is 3.14. The van der Waals surface area contributed by atoms with Crippen LogP contribution in [0.4, 0.5) is 0 Å². The van der Waals surface area contributed by atoms with Gasteiger partial charge in [0.05, 0.1) is 11.6 Å². The van der Waals surface area contributed by atoms with Gasteiger partial charge in [-0.25, -0.2) is 9.78 Å². The topological polar surface area (TPSA) is 67.8 Å². The van der Waals surface area contributed by atoms with Crippen LogP contribution in [0.1, 0.15) is 42.3 Å². The lowest BCUT2D eigenvalue weighted by molar-refractivity contribution is 0.569. The number of nitrogens with one attached hydrogen (secondary N) is 1. The van der Waals surface area contributed by atoms with E-state index in [-0.39, 0.29) is 10.7 Å². The van der Waals surface area contributed by atoms with Gasteiger partial charge in [0.15, 0.2) is 0 Å². The third-order valence-corrected chi connectivity index (χ3v) is 4.83. The van der Waals surface area contributed by atoms with Crippen molar-refractivity contribution in [3.8, 4) is 0 Å². The van der Waals surface area contributed by atoms with E-state index in [9.17, 15) is 9.59 Å². The van der Waals surface area contributed by atoms with E-state index >= 15 is 0 Å². The van der Waals surface area contributed by atoms with Crippen LogP contribution in [-0.2, 0) is 12.8 Å². The van der Waals surface area contributed by atoms with Crippen molar-refractivity contribution in [2.24, 2.45) is 0 Å². The quantitative estimate of drug-likeness (QED) is 0.881. The molecule has 20 heavy (non-hydrogen) atoms. The van der Waals surface area contributed by atoms with Gasteiger partial charge in [0.2, 0.25) is 0 Å². The third kappa shape index (κ3) is 2.58. The van der Waals surface area contributed by atoms with E-state index in [0.717, 1.165) is 16.3 Å². The summed E-state index contributed by atoms with van der Waals surface area (Å²) in [5.74, 6) is 0. The van der Waals surface area contributed by atoms with Crippen molar-refractivity contribution in [1.82, 2.24) is 14.5 Å². The summed E-state index contributed by atoms with van der Waals surface area (Å²) in [6.45, 7) is 5.66. The Bertz CT molecular complexity index is 732. The molecule has 2 heterocycles. The molecule has 0 radical (unpaired) electrons. The minimum atomic E-state index is -0.502. The van der Waals surface area contributed by atoms with Crippen molar-refractivity contribution < 1.29 is 0 Å². The number of aryl methyl sites for hydroxylation is 1. The number of nitrogens with zero attached hydrogens (tertiary/aromatic N) is 2. The van der Waals surface area contributed by atoms with Crippen molar-refractivity contribution in [2.75, 3.05) is 0 Å². The van der Waals surface area contributed by atoms with Crippen LogP contribution in [0.5, 0.6) is 0 Å². The predicted molar refractivity (Wildman–Crippen MR) is 81.0 cm³/mol. The fourth-order valence-electron chi connectivity index (χ4n) is 2.01. The number of rotatable bonds is 4. The van der Waals surface area contributed by atoms with Crippen molar-refractivity contribution in [1.29, 1.82) is 0 Å². The molecule has 0 aliphatic heterocycles. The fraction of sp³-hybridized carbons (Fsp3) is 0.462. The van der Waals surface area contributed by atoms with Gasteiger partial charge in [0.25, 0.3) is 5.56 Å². The second kappa shape index (κ2) is 5.93. The van der Waals surface area contributed by atoms with E-state index in [1.54, 1.807) is 13.1 Å². The Morgan fingerprint density at radius 3 is 2.65 bits per heavy atom. The summed E-state index contributed by atoms with van der Waals surface area (Å²) in [6, 6.07) is -0.404. The first kappa shape index (κ1) is 15.0. The zero-order valence-corrected chi connectivity index (χ0v) is 13.1. The first-order valence-electron chi connectivity index (χ1n) is 6.47. The highest BCUT2D eigenvalue weighted by Gasteiger charge is 2.19. The molecule has 7 heteroatoms. The Hall–Kier alpha value is -1.40. The molecule has 0 saturated heterocycles. The average Bonchev–Trinajstić information content (AvgIpc) is 2.87. The smallest absolute Gasteiger partial charge is 0.297 e. The van der Waals surface area contributed by atoms with Crippen molar-refractivity contribution in [2.45, 2.75) is 39.7 Å². The lowest BCUT2D eigenvalue weighted by Crippen LogP contribution is -2.39. The van der Waals surface area contributed by atoms with Gasteiger partial charge in [0, 0.05) is 11.1 Å². The van der Waals surface area contributed by atoms with Crippen molar-refractivity contribution in [3.05, 3.63) is 47.6 Å². The Balaban J connectivity index is 2.57. The Kier molecular flexibility index (Phi) is 4.45. The Labute approximate surface area is 125 Å². The van der Waals surface area contributed by atoms with Crippen LogP contribution in [-0.4, -0.2) is 14.5 Å². The van der Waals surface area contributed by atoms with E-state index in [4.69, 9.17) is 11.6 Å². The molecule has 0 bridgehead atoms. The second-order valence-corrected chi connectivity index (χ2v) is 5.97. The first-order chi connectivity index (χ1) is 9.49. The maximum Gasteiger partial charge on any atom is 0.330 e. The summed E-state index contributed by atoms with van der Waals surface area (Å²) < 4.78 is 1.18. The third-order valence-electron chi connectivity index (χ3n) is 3.20. The van der Waals surface area contributed by atoms with E-state index in [0.29, 0.717) is 12.0 Å².